The number of nitrogens with one attached hydrogen (secondary N) is 1. The molecule has 0 aromatic heterocycles. The van der Waals surface area contributed by atoms with Crippen LogP contribution in [-0.4, -0.2) is 38.8 Å². The van der Waals surface area contributed by atoms with Gasteiger partial charge in [-0.05, 0) is 52.3 Å². The quantitative estimate of drug-likeness (QED) is 0.561. The molecule has 0 heterocycles. The van der Waals surface area contributed by atoms with Crippen molar-refractivity contribution in [3.63, 3.8) is 0 Å². The van der Waals surface area contributed by atoms with E-state index in [1.165, 1.54) is 5.69 Å². The summed E-state index contributed by atoms with van der Waals surface area (Å²) in [6, 6.07) is 10.3. The number of rotatable bonds is 9. The van der Waals surface area contributed by atoms with Gasteiger partial charge in [0.1, 0.15) is 5.54 Å². The van der Waals surface area contributed by atoms with Crippen molar-refractivity contribution in [2.75, 3.05) is 32.1 Å². The van der Waals surface area contributed by atoms with Crippen molar-refractivity contribution < 1.29 is 9.53 Å². The Kier molecular flexibility index (Phi) is 7.23. The van der Waals surface area contributed by atoms with Crippen LogP contribution in [0.1, 0.15) is 33.1 Å². The number of hydrogen-bond donors (Lipinski definition) is 1. The molecule has 1 aromatic carbocycles. The second-order valence-corrected chi connectivity index (χ2v) is 5.52. The number of nitrogens with zero attached hydrogens (tertiary/aromatic N) is 1. The van der Waals surface area contributed by atoms with Gasteiger partial charge in [0.15, 0.2) is 0 Å². The minimum atomic E-state index is -0.582. The van der Waals surface area contributed by atoms with E-state index in [4.69, 9.17) is 4.74 Å². The minimum absolute atomic E-state index is 0.163. The Morgan fingerprint density at radius 2 is 1.95 bits per heavy atom. The predicted molar refractivity (Wildman–Crippen MR) is 87.7 cm³/mol. The summed E-state index contributed by atoms with van der Waals surface area (Å²) in [4.78, 5) is 14.2. The van der Waals surface area contributed by atoms with E-state index in [0.717, 1.165) is 25.8 Å². The maximum atomic E-state index is 12.0. The number of hydrogen-bond acceptors (Lipinski definition) is 4. The van der Waals surface area contributed by atoms with Crippen molar-refractivity contribution in [1.82, 2.24) is 5.32 Å². The molecule has 1 atom stereocenters. The fourth-order valence-corrected chi connectivity index (χ4v) is 2.26. The smallest absolute Gasteiger partial charge is 0.326 e. The summed E-state index contributed by atoms with van der Waals surface area (Å²) in [7, 11) is 3.91. The fraction of sp³-hybridized carbons (Fsp3) is 0.588. The Balaban J connectivity index is 2.37. The number of unbranched alkanes of at least 4 members (excludes halogenated alkanes) is 1. The third kappa shape index (κ3) is 5.38. The van der Waals surface area contributed by atoms with Gasteiger partial charge in [0, 0.05) is 19.3 Å². The third-order valence-corrected chi connectivity index (χ3v) is 3.89. The average molecular weight is 292 g/mol. The molecular formula is C17H28N2O2. The summed E-state index contributed by atoms with van der Waals surface area (Å²) in [6.07, 6.45) is 2.81. The van der Waals surface area contributed by atoms with Crippen LogP contribution in [0.25, 0.3) is 0 Å². The van der Waals surface area contributed by atoms with Gasteiger partial charge >= 0.3 is 5.97 Å². The lowest BCUT2D eigenvalue weighted by molar-refractivity contribution is -0.150. The van der Waals surface area contributed by atoms with Gasteiger partial charge in [-0.3, -0.25) is 4.79 Å². The SMILES string of the molecule is CCOC(=O)C(C)(CCCCN(C)c1ccccc1)NC. The molecule has 0 spiro atoms. The Bertz CT molecular complexity index is 422. The lowest BCUT2D eigenvalue weighted by Crippen LogP contribution is -2.48. The first-order chi connectivity index (χ1) is 10.0. The molecule has 0 amide bonds. The average Bonchev–Trinajstić information content (AvgIpc) is 2.52. The van der Waals surface area contributed by atoms with E-state index in [1.807, 2.05) is 39.1 Å². The van der Waals surface area contributed by atoms with Crippen molar-refractivity contribution >= 4 is 11.7 Å². The number of anilines is 1. The first-order valence-corrected chi connectivity index (χ1v) is 7.66. The highest BCUT2D eigenvalue weighted by atomic mass is 16.5. The highest BCUT2D eigenvalue weighted by molar-refractivity contribution is 5.80. The van der Waals surface area contributed by atoms with E-state index in [2.05, 4.69) is 29.4 Å². The molecule has 4 heteroatoms. The molecule has 0 radical (unpaired) electrons. The largest absolute Gasteiger partial charge is 0.465 e. The molecule has 0 aliphatic heterocycles. The van der Waals surface area contributed by atoms with Gasteiger partial charge in [0.05, 0.1) is 6.61 Å². The van der Waals surface area contributed by atoms with Gasteiger partial charge in [-0.15, -0.1) is 0 Å². The normalized spacial score (nSPS) is 13.5. The highest BCUT2D eigenvalue weighted by Gasteiger charge is 2.32. The Labute approximate surface area is 128 Å². The number of carbonyl (C=O) groups is 1. The summed E-state index contributed by atoms with van der Waals surface area (Å²) in [6.45, 7) is 5.15. The van der Waals surface area contributed by atoms with Gasteiger partial charge in [-0.2, -0.15) is 0 Å². The standard InChI is InChI=1S/C17H28N2O2/c1-5-21-16(20)17(2,18-3)13-9-10-14-19(4)15-11-7-6-8-12-15/h6-8,11-12,18H,5,9-10,13-14H2,1-4H3. The highest BCUT2D eigenvalue weighted by Crippen LogP contribution is 2.17. The second-order valence-electron chi connectivity index (χ2n) is 5.52. The first-order valence-electron chi connectivity index (χ1n) is 7.66. The Morgan fingerprint density at radius 1 is 1.29 bits per heavy atom. The zero-order valence-corrected chi connectivity index (χ0v) is 13.7. The van der Waals surface area contributed by atoms with Crippen LogP contribution < -0.4 is 10.2 Å². The van der Waals surface area contributed by atoms with Crippen LogP contribution in [0, 0.1) is 0 Å². The van der Waals surface area contributed by atoms with Gasteiger partial charge < -0.3 is 15.0 Å². The number of para-hydroxylation sites is 1. The number of likely N-dealkylation sites (N-methyl/N-ethyl adjacent to an activating group) is 1. The summed E-state index contributed by atoms with van der Waals surface area (Å²) < 4.78 is 5.13. The first kappa shape index (κ1) is 17.5. The number of ether oxygens (including phenoxy) is 1. The molecule has 0 aliphatic carbocycles. The molecule has 118 valence electrons. The molecule has 4 nitrogen and oxygen atoms in total. The maximum Gasteiger partial charge on any atom is 0.326 e. The molecule has 0 bridgehead atoms. The zero-order chi connectivity index (χ0) is 15.7. The van der Waals surface area contributed by atoms with Crippen molar-refractivity contribution in [3.05, 3.63) is 30.3 Å². The topological polar surface area (TPSA) is 41.6 Å². The van der Waals surface area contributed by atoms with E-state index >= 15 is 0 Å². The van der Waals surface area contributed by atoms with E-state index in [-0.39, 0.29) is 5.97 Å². The Hall–Kier alpha value is -1.55. The molecule has 21 heavy (non-hydrogen) atoms. The molecule has 1 aromatic rings. The fourth-order valence-electron chi connectivity index (χ4n) is 2.26. The predicted octanol–water partition coefficient (Wildman–Crippen LogP) is 2.83. The van der Waals surface area contributed by atoms with Crippen molar-refractivity contribution in [1.29, 1.82) is 0 Å². The van der Waals surface area contributed by atoms with Crippen molar-refractivity contribution in [2.24, 2.45) is 0 Å². The summed E-state index contributed by atoms with van der Waals surface area (Å²) in [5.41, 5.74) is 0.640. The number of carbonyl (C=O) groups excluding carboxylic acids is 1. The molecule has 0 aliphatic rings. The van der Waals surface area contributed by atoms with Crippen LogP contribution in [0.2, 0.25) is 0 Å². The second kappa shape index (κ2) is 8.67. The minimum Gasteiger partial charge on any atom is -0.465 e. The van der Waals surface area contributed by atoms with Crippen LogP contribution in [0.3, 0.4) is 0 Å². The molecule has 1 unspecified atom stereocenters. The maximum absolute atomic E-state index is 12.0. The van der Waals surface area contributed by atoms with Gasteiger partial charge in [0.25, 0.3) is 0 Å². The molecule has 1 N–H and O–H groups in total. The lowest BCUT2D eigenvalue weighted by Gasteiger charge is -2.27. The van der Waals surface area contributed by atoms with E-state index in [1.54, 1.807) is 0 Å². The lowest BCUT2D eigenvalue weighted by atomic mass is 9.95. The van der Waals surface area contributed by atoms with Crippen LogP contribution >= 0.6 is 0 Å². The molecule has 0 fully saturated rings. The molecule has 0 saturated heterocycles. The van der Waals surface area contributed by atoms with Crippen molar-refractivity contribution in [3.8, 4) is 0 Å². The molecular weight excluding hydrogens is 264 g/mol. The van der Waals surface area contributed by atoms with Crippen LogP contribution in [0.5, 0.6) is 0 Å². The zero-order valence-electron chi connectivity index (χ0n) is 13.7. The summed E-state index contributed by atoms with van der Waals surface area (Å²) >= 11 is 0. The molecule has 1 rings (SSSR count). The monoisotopic (exact) mass is 292 g/mol. The Morgan fingerprint density at radius 3 is 2.52 bits per heavy atom. The summed E-state index contributed by atoms with van der Waals surface area (Å²) in [5, 5.41) is 3.09. The molecule has 0 saturated carbocycles. The number of benzene rings is 1. The summed E-state index contributed by atoms with van der Waals surface area (Å²) in [5.74, 6) is -0.163. The van der Waals surface area contributed by atoms with Crippen LogP contribution in [-0.2, 0) is 9.53 Å². The van der Waals surface area contributed by atoms with Gasteiger partial charge in [-0.1, -0.05) is 18.2 Å². The van der Waals surface area contributed by atoms with Crippen molar-refractivity contribution in [2.45, 2.75) is 38.6 Å². The van der Waals surface area contributed by atoms with Gasteiger partial charge in [-0.25, -0.2) is 0 Å². The number of esters is 1. The van der Waals surface area contributed by atoms with Crippen LogP contribution in [0.4, 0.5) is 5.69 Å². The van der Waals surface area contributed by atoms with Crippen LogP contribution in [0.15, 0.2) is 30.3 Å². The third-order valence-electron chi connectivity index (χ3n) is 3.89. The van der Waals surface area contributed by atoms with Gasteiger partial charge in [0.2, 0.25) is 0 Å². The van der Waals surface area contributed by atoms with E-state index in [9.17, 15) is 4.79 Å². The van der Waals surface area contributed by atoms with E-state index in [0.29, 0.717) is 6.61 Å². The van der Waals surface area contributed by atoms with E-state index < -0.39 is 5.54 Å².